The van der Waals surface area contributed by atoms with Crippen LogP contribution in [0.5, 0.6) is 0 Å². The molecule has 0 bridgehead atoms. The van der Waals surface area contributed by atoms with E-state index in [0.717, 1.165) is 13.8 Å². The summed E-state index contributed by atoms with van der Waals surface area (Å²) in [6, 6.07) is 0. The van der Waals surface area contributed by atoms with Gasteiger partial charge in [0.2, 0.25) is 0 Å². The van der Waals surface area contributed by atoms with Gasteiger partial charge in [0.25, 0.3) is 11.9 Å². The molecule has 0 aliphatic heterocycles. The van der Waals surface area contributed by atoms with Gasteiger partial charge in [-0.2, -0.15) is 0 Å². The van der Waals surface area contributed by atoms with E-state index in [4.69, 9.17) is 19.8 Å². The Morgan fingerprint density at radius 1 is 0.652 bits per heavy atom. The molecule has 0 spiro atoms. The quantitative estimate of drug-likeness (QED) is 0.255. The van der Waals surface area contributed by atoms with Crippen LogP contribution >= 0.6 is 0 Å². The van der Waals surface area contributed by atoms with Crippen molar-refractivity contribution in [2.75, 3.05) is 0 Å². The number of hydrogen-bond acceptors (Lipinski definition) is 2. The number of hydrogen-bond donors (Lipinski definition) is 2. The van der Waals surface area contributed by atoms with Gasteiger partial charge in [-0.1, -0.05) is 0 Å². The molecule has 0 aromatic carbocycles. The second-order valence-corrected chi connectivity index (χ2v) is 11.4. The number of unbranched alkanes of at least 4 members (excludes halogenated alkanes) is 8. The zero-order valence-electron chi connectivity index (χ0n) is 15.7. The fourth-order valence-corrected chi connectivity index (χ4v) is 6.69. The number of aliphatic carboxylic acids is 2. The van der Waals surface area contributed by atoms with Crippen molar-refractivity contribution >= 4 is 36.2 Å². The number of carboxylic acid groups (broad SMARTS) is 2. The summed E-state index contributed by atoms with van der Waals surface area (Å²) in [5, 5.41) is 14.8. The average molecular weight is 526 g/mol. The fraction of sp³-hybridized carbons (Fsp3) is 0.889. The third-order valence-electron chi connectivity index (χ3n) is 2.91. The first-order valence-corrected chi connectivity index (χ1v) is 14.5. The van der Waals surface area contributed by atoms with Crippen molar-refractivity contribution in [1.82, 2.24) is 0 Å². The van der Waals surface area contributed by atoms with E-state index in [0.29, 0.717) is 0 Å². The molecule has 2 N–H and O–H groups in total. The first-order chi connectivity index (χ1) is 10.9. The summed E-state index contributed by atoms with van der Waals surface area (Å²) >= 11 is -0.114. The van der Waals surface area contributed by atoms with Crippen molar-refractivity contribution in [3.63, 3.8) is 0 Å². The van der Waals surface area contributed by atoms with Gasteiger partial charge < -0.3 is 10.2 Å². The van der Waals surface area contributed by atoms with Gasteiger partial charge in [0, 0.05) is 13.8 Å². The van der Waals surface area contributed by atoms with Crippen LogP contribution in [0.25, 0.3) is 0 Å². The van der Waals surface area contributed by atoms with Crippen LogP contribution in [0.3, 0.4) is 0 Å². The van der Waals surface area contributed by atoms with Crippen LogP contribution in [-0.2, 0) is 9.59 Å². The molecule has 0 heterocycles. The van der Waals surface area contributed by atoms with Gasteiger partial charge in [-0.25, -0.2) is 0 Å². The summed E-state index contributed by atoms with van der Waals surface area (Å²) in [4.78, 5) is 18.0. The van der Waals surface area contributed by atoms with Crippen LogP contribution in [0.15, 0.2) is 0 Å². The standard InChI is InChI=1S/2C7H15.2C2H4O2.Pb/c2*1-3-5-7-6-4-2;2*1-2(3)4;/h2*1,3-7H2,2H3;2*1H3,(H,3,4);. The van der Waals surface area contributed by atoms with E-state index in [1.54, 1.807) is 20.8 Å². The predicted molar refractivity (Wildman–Crippen MR) is 99.5 cm³/mol. The van der Waals surface area contributed by atoms with Gasteiger partial charge in [-0.15, -0.1) is 0 Å². The Hall–Kier alpha value is -0.138. The first-order valence-electron chi connectivity index (χ1n) is 8.98. The molecule has 5 heteroatoms. The zero-order chi connectivity index (χ0) is 18.3. The van der Waals surface area contributed by atoms with Crippen molar-refractivity contribution < 1.29 is 19.8 Å². The number of carboxylic acids is 2. The molecular weight excluding hydrogens is 487 g/mol. The van der Waals surface area contributed by atoms with Crippen molar-refractivity contribution in [1.29, 1.82) is 0 Å². The van der Waals surface area contributed by atoms with Crippen LogP contribution in [0.2, 0.25) is 7.96 Å². The van der Waals surface area contributed by atoms with Crippen molar-refractivity contribution in [2.45, 2.75) is 99.9 Å². The van der Waals surface area contributed by atoms with Gasteiger partial charge in [0.15, 0.2) is 0 Å². The van der Waals surface area contributed by atoms with Gasteiger partial charge in [0.1, 0.15) is 0 Å². The monoisotopic (exact) mass is 526 g/mol. The van der Waals surface area contributed by atoms with Gasteiger partial charge in [-0.05, 0) is 0 Å². The third kappa shape index (κ3) is 61.3. The molecule has 4 nitrogen and oxygen atoms in total. The number of rotatable bonds is 12. The minimum absolute atomic E-state index is 0.114. The predicted octanol–water partition coefficient (Wildman–Crippen LogP) is 5.65. The van der Waals surface area contributed by atoms with Crippen LogP contribution in [0, 0.1) is 0 Å². The normalized spacial score (nSPS) is 9.22. The van der Waals surface area contributed by atoms with Crippen LogP contribution in [-0.4, -0.2) is 46.4 Å². The Morgan fingerprint density at radius 2 is 0.913 bits per heavy atom. The van der Waals surface area contributed by atoms with E-state index < -0.39 is 11.9 Å². The van der Waals surface area contributed by atoms with Gasteiger partial charge in [0.05, 0.1) is 0 Å². The first kappa shape index (κ1) is 27.7. The van der Waals surface area contributed by atoms with Crippen LogP contribution in [0.4, 0.5) is 0 Å². The molecule has 0 amide bonds. The maximum absolute atomic E-state index is 9.00. The summed E-state index contributed by atoms with van der Waals surface area (Å²) in [5.41, 5.74) is 0. The summed E-state index contributed by atoms with van der Waals surface area (Å²) < 4.78 is 3.36. The van der Waals surface area contributed by atoms with E-state index >= 15 is 0 Å². The molecule has 2 radical (unpaired) electrons. The van der Waals surface area contributed by atoms with E-state index in [1.165, 1.54) is 51.4 Å². The molecule has 0 aliphatic carbocycles. The van der Waals surface area contributed by atoms with Crippen molar-refractivity contribution in [3.05, 3.63) is 0 Å². The number of carbonyl (C=O) groups is 2. The molecule has 23 heavy (non-hydrogen) atoms. The Balaban J connectivity index is -0.000000413. The Morgan fingerprint density at radius 3 is 1.17 bits per heavy atom. The molecule has 0 saturated carbocycles. The minimum atomic E-state index is -0.833. The topological polar surface area (TPSA) is 74.6 Å². The second kappa shape index (κ2) is 26.7. The molecule has 0 saturated heterocycles. The fourth-order valence-electron chi connectivity index (χ4n) is 1.83. The molecule has 0 rings (SSSR count). The molecule has 0 unspecified atom stereocenters. The maximum atomic E-state index is 9.00. The van der Waals surface area contributed by atoms with Gasteiger partial charge in [-0.3, -0.25) is 9.59 Å². The average Bonchev–Trinajstić information content (AvgIpc) is 2.43. The van der Waals surface area contributed by atoms with Crippen molar-refractivity contribution in [2.24, 2.45) is 0 Å². The molecule has 138 valence electrons. The molecular formula is C18H38O4Pb. The molecule has 0 aliphatic rings. The molecule has 0 fully saturated rings. The zero-order valence-corrected chi connectivity index (χ0v) is 19.6. The Labute approximate surface area is 155 Å². The third-order valence-corrected chi connectivity index (χ3v) is 8.41. The van der Waals surface area contributed by atoms with E-state index in [-0.39, 0.29) is 24.2 Å². The SMILES string of the molecule is CC(=O)O.CC(=O)O.CCCCCC[CH2][Pb][CH2]CCCCCC. The van der Waals surface area contributed by atoms with Crippen LogP contribution in [0.1, 0.15) is 91.9 Å². The Kier molecular flexibility index (Phi) is 32.2. The summed E-state index contributed by atoms with van der Waals surface area (Å²) in [6.45, 7) is 6.77. The van der Waals surface area contributed by atoms with E-state index in [2.05, 4.69) is 13.8 Å². The Bertz CT molecular complexity index is 213. The van der Waals surface area contributed by atoms with Crippen LogP contribution < -0.4 is 0 Å². The molecule has 0 aromatic heterocycles. The van der Waals surface area contributed by atoms with Gasteiger partial charge >= 0.3 is 110 Å². The van der Waals surface area contributed by atoms with E-state index in [9.17, 15) is 0 Å². The van der Waals surface area contributed by atoms with Crippen molar-refractivity contribution in [3.8, 4) is 0 Å². The molecule has 0 aromatic rings. The summed E-state index contributed by atoms with van der Waals surface area (Å²) in [6.07, 6.45) is 14.9. The molecule has 0 atom stereocenters. The second-order valence-electron chi connectivity index (χ2n) is 5.62. The summed E-state index contributed by atoms with van der Waals surface area (Å²) in [7, 11) is 0. The summed E-state index contributed by atoms with van der Waals surface area (Å²) in [5.74, 6) is -1.67. The van der Waals surface area contributed by atoms with E-state index in [1.807, 2.05) is 0 Å².